The lowest BCUT2D eigenvalue weighted by Crippen LogP contribution is -2.49. The van der Waals surface area contributed by atoms with Gasteiger partial charge in [-0.25, -0.2) is 0 Å². The molecule has 1 aliphatic rings. The zero-order valence-electron chi connectivity index (χ0n) is 15.9. The van der Waals surface area contributed by atoms with Crippen LogP contribution in [0.3, 0.4) is 0 Å². The number of rotatable bonds is 7. The first kappa shape index (κ1) is 19.9. The summed E-state index contributed by atoms with van der Waals surface area (Å²) in [6, 6.07) is 7.67. The van der Waals surface area contributed by atoms with Crippen LogP contribution in [-0.4, -0.2) is 59.9 Å². The number of benzene rings is 1. The van der Waals surface area contributed by atoms with E-state index in [4.69, 9.17) is 16.3 Å². The molecule has 1 amide bonds. The fourth-order valence-electron chi connectivity index (χ4n) is 3.45. The second kappa shape index (κ2) is 9.35. The fraction of sp³-hybridized carbons (Fsp3) is 0.500. The number of H-pyrrole nitrogens is 1. The lowest BCUT2D eigenvalue weighted by atomic mass is 10.0. The number of aromatic nitrogens is 2. The minimum absolute atomic E-state index is 0.115. The molecule has 0 spiro atoms. The summed E-state index contributed by atoms with van der Waals surface area (Å²) >= 11 is 5.96. The summed E-state index contributed by atoms with van der Waals surface area (Å²) in [5.41, 5.74) is 2.13. The molecule has 1 unspecified atom stereocenters. The Morgan fingerprint density at radius 2 is 2.00 bits per heavy atom. The summed E-state index contributed by atoms with van der Waals surface area (Å²) in [6.45, 7) is 8.37. The van der Waals surface area contributed by atoms with E-state index in [0.717, 1.165) is 38.3 Å². The van der Waals surface area contributed by atoms with E-state index in [1.54, 1.807) is 18.3 Å². The zero-order valence-corrected chi connectivity index (χ0v) is 16.6. The number of carbonyl (C=O) groups excluding carboxylic acids is 1. The van der Waals surface area contributed by atoms with Gasteiger partial charge in [0, 0.05) is 36.3 Å². The number of nitrogens with zero attached hydrogens (tertiary/aromatic N) is 2. The molecule has 3 rings (SSSR count). The summed E-state index contributed by atoms with van der Waals surface area (Å²) in [4.78, 5) is 15.2. The van der Waals surface area contributed by atoms with Crippen LogP contribution in [0.25, 0.3) is 11.3 Å². The third kappa shape index (κ3) is 5.31. The van der Waals surface area contributed by atoms with Gasteiger partial charge in [0.15, 0.2) is 0 Å². The highest BCUT2D eigenvalue weighted by Gasteiger charge is 2.23. The van der Waals surface area contributed by atoms with Crippen LogP contribution in [0, 0.1) is 5.92 Å². The maximum absolute atomic E-state index is 12.8. The highest BCUT2D eigenvalue weighted by molar-refractivity contribution is 6.30. The molecular formula is C20H27ClN4O2. The molecule has 0 bridgehead atoms. The van der Waals surface area contributed by atoms with Crippen molar-refractivity contribution < 1.29 is 9.53 Å². The summed E-state index contributed by atoms with van der Waals surface area (Å²) < 4.78 is 5.46. The van der Waals surface area contributed by atoms with Crippen LogP contribution >= 0.6 is 11.6 Å². The molecule has 1 fully saturated rings. The molecule has 0 radical (unpaired) electrons. The maximum Gasteiger partial charge on any atom is 0.255 e. The SMILES string of the molecule is CC(C)CC(CNC(=O)c1cn[nH]c1-c1ccc(Cl)cc1)N1CCOCC1. The second-order valence-corrected chi connectivity index (χ2v) is 7.74. The molecular weight excluding hydrogens is 364 g/mol. The van der Waals surface area contributed by atoms with E-state index in [1.807, 2.05) is 12.1 Å². The third-order valence-electron chi connectivity index (χ3n) is 4.82. The Morgan fingerprint density at radius 3 is 2.67 bits per heavy atom. The Kier molecular flexibility index (Phi) is 6.88. The van der Waals surface area contributed by atoms with E-state index in [0.29, 0.717) is 34.8 Å². The van der Waals surface area contributed by atoms with Gasteiger partial charge in [-0.15, -0.1) is 0 Å². The molecule has 2 N–H and O–H groups in total. The summed E-state index contributed by atoms with van der Waals surface area (Å²) in [5.74, 6) is 0.448. The van der Waals surface area contributed by atoms with Gasteiger partial charge in [-0.05, 0) is 24.5 Å². The van der Waals surface area contributed by atoms with Crippen LogP contribution in [0.1, 0.15) is 30.6 Å². The van der Waals surface area contributed by atoms with Crippen molar-refractivity contribution in [2.75, 3.05) is 32.8 Å². The molecule has 0 saturated carbocycles. The molecule has 1 aromatic heterocycles. The van der Waals surface area contributed by atoms with E-state index in [1.165, 1.54) is 0 Å². The average molecular weight is 391 g/mol. The van der Waals surface area contributed by atoms with Gasteiger partial charge in [-0.2, -0.15) is 5.10 Å². The number of ether oxygens (including phenoxy) is 1. The number of carbonyl (C=O) groups is 1. The monoisotopic (exact) mass is 390 g/mol. The Morgan fingerprint density at radius 1 is 1.30 bits per heavy atom. The molecule has 1 saturated heterocycles. The first-order valence-corrected chi connectivity index (χ1v) is 9.81. The molecule has 6 nitrogen and oxygen atoms in total. The number of halogens is 1. The molecule has 27 heavy (non-hydrogen) atoms. The van der Waals surface area contributed by atoms with Crippen molar-refractivity contribution in [2.45, 2.75) is 26.3 Å². The number of morpholine rings is 1. The van der Waals surface area contributed by atoms with Crippen molar-refractivity contribution in [1.82, 2.24) is 20.4 Å². The third-order valence-corrected chi connectivity index (χ3v) is 5.07. The van der Waals surface area contributed by atoms with Crippen LogP contribution in [0.5, 0.6) is 0 Å². The Balaban J connectivity index is 1.67. The molecule has 1 atom stereocenters. The normalized spacial score (nSPS) is 16.4. The van der Waals surface area contributed by atoms with Crippen LogP contribution in [-0.2, 0) is 4.74 Å². The van der Waals surface area contributed by atoms with E-state index >= 15 is 0 Å². The largest absolute Gasteiger partial charge is 0.379 e. The minimum Gasteiger partial charge on any atom is -0.379 e. The van der Waals surface area contributed by atoms with Crippen molar-refractivity contribution in [1.29, 1.82) is 0 Å². The standard InChI is InChI=1S/C20H27ClN4O2/c1-14(2)11-17(25-7-9-27-10-8-25)12-22-20(26)18-13-23-24-19(18)15-3-5-16(21)6-4-15/h3-6,13-14,17H,7-12H2,1-2H3,(H,22,26)(H,23,24). The number of amides is 1. The number of hydrogen-bond donors (Lipinski definition) is 2. The van der Waals surface area contributed by atoms with Crippen molar-refractivity contribution in [3.05, 3.63) is 41.0 Å². The molecule has 146 valence electrons. The highest BCUT2D eigenvalue weighted by Crippen LogP contribution is 2.23. The van der Waals surface area contributed by atoms with Gasteiger partial charge in [0.05, 0.1) is 30.7 Å². The lowest BCUT2D eigenvalue weighted by Gasteiger charge is -2.35. The van der Waals surface area contributed by atoms with E-state index in [-0.39, 0.29) is 5.91 Å². The predicted molar refractivity (Wildman–Crippen MR) is 107 cm³/mol. The molecule has 1 aromatic carbocycles. The predicted octanol–water partition coefficient (Wildman–Crippen LogP) is 3.21. The van der Waals surface area contributed by atoms with Crippen molar-refractivity contribution in [2.24, 2.45) is 5.92 Å². The molecule has 1 aliphatic heterocycles. The van der Waals surface area contributed by atoms with Gasteiger partial charge in [0.1, 0.15) is 0 Å². The Labute approximate surface area is 165 Å². The Bertz CT molecular complexity index is 739. The first-order valence-electron chi connectivity index (χ1n) is 9.44. The molecule has 2 heterocycles. The second-order valence-electron chi connectivity index (χ2n) is 7.31. The van der Waals surface area contributed by atoms with Crippen LogP contribution < -0.4 is 5.32 Å². The summed E-state index contributed by atoms with van der Waals surface area (Å²) in [5, 5.41) is 10.7. The van der Waals surface area contributed by atoms with Crippen molar-refractivity contribution >= 4 is 17.5 Å². The minimum atomic E-state index is -0.115. The van der Waals surface area contributed by atoms with Crippen LogP contribution in [0.2, 0.25) is 5.02 Å². The van der Waals surface area contributed by atoms with Gasteiger partial charge in [-0.1, -0.05) is 37.6 Å². The number of hydrogen-bond acceptors (Lipinski definition) is 4. The molecule has 7 heteroatoms. The van der Waals surface area contributed by atoms with Gasteiger partial charge in [-0.3, -0.25) is 14.8 Å². The number of nitrogens with one attached hydrogen (secondary N) is 2. The van der Waals surface area contributed by atoms with Gasteiger partial charge >= 0.3 is 0 Å². The van der Waals surface area contributed by atoms with E-state index in [2.05, 4.69) is 34.3 Å². The van der Waals surface area contributed by atoms with Gasteiger partial charge in [0.25, 0.3) is 5.91 Å². The van der Waals surface area contributed by atoms with Crippen LogP contribution in [0.15, 0.2) is 30.5 Å². The fourth-order valence-corrected chi connectivity index (χ4v) is 3.57. The van der Waals surface area contributed by atoms with Gasteiger partial charge < -0.3 is 10.1 Å². The Hall–Kier alpha value is -1.89. The highest BCUT2D eigenvalue weighted by atomic mass is 35.5. The van der Waals surface area contributed by atoms with Crippen molar-refractivity contribution in [3.63, 3.8) is 0 Å². The summed E-state index contributed by atoms with van der Waals surface area (Å²) in [6.07, 6.45) is 2.61. The average Bonchev–Trinajstić information content (AvgIpc) is 3.16. The molecule has 0 aliphatic carbocycles. The first-order chi connectivity index (χ1) is 13.0. The lowest BCUT2D eigenvalue weighted by molar-refractivity contribution is 0.0124. The van der Waals surface area contributed by atoms with Crippen molar-refractivity contribution in [3.8, 4) is 11.3 Å². The quantitative estimate of drug-likeness (QED) is 0.761. The van der Waals surface area contributed by atoms with E-state index < -0.39 is 0 Å². The smallest absolute Gasteiger partial charge is 0.255 e. The molecule has 2 aromatic rings. The van der Waals surface area contributed by atoms with Gasteiger partial charge in [0.2, 0.25) is 0 Å². The maximum atomic E-state index is 12.8. The van der Waals surface area contributed by atoms with E-state index in [9.17, 15) is 4.79 Å². The summed E-state index contributed by atoms with van der Waals surface area (Å²) in [7, 11) is 0. The zero-order chi connectivity index (χ0) is 19.2. The topological polar surface area (TPSA) is 70.2 Å². The van der Waals surface area contributed by atoms with Crippen LogP contribution in [0.4, 0.5) is 0 Å². The number of aromatic amines is 1.